The van der Waals surface area contributed by atoms with Crippen LogP contribution in [0.1, 0.15) is 0 Å². The quantitative estimate of drug-likeness (QED) is 0.147. The molecule has 0 heterocycles. The molecular formula is C58H39N. The molecule has 0 aliphatic heterocycles. The number of hydrogen-bond donors (Lipinski definition) is 0. The molecule has 0 amide bonds. The minimum absolute atomic E-state index is 1.10. The predicted molar refractivity (Wildman–Crippen MR) is 253 cm³/mol. The van der Waals surface area contributed by atoms with Crippen LogP contribution in [0.5, 0.6) is 0 Å². The lowest BCUT2D eigenvalue weighted by molar-refractivity contribution is 1.30. The Labute approximate surface area is 344 Å². The summed E-state index contributed by atoms with van der Waals surface area (Å²) in [5.41, 5.74) is 13.1. The Morgan fingerprint density at radius 3 is 1.46 bits per heavy atom. The van der Waals surface area contributed by atoms with E-state index in [-0.39, 0.29) is 0 Å². The fourth-order valence-electron chi connectivity index (χ4n) is 9.10. The van der Waals surface area contributed by atoms with Crippen molar-refractivity contribution in [1.82, 2.24) is 0 Å². The molecular weight excluding hydrogens is 711 g/mol. The van der Waals surface area contributed by atoms with Gasteiger partial charge in [-0.1, -0.05) is 200 Å². The van der Waals surface area contributed by atoms with E-state index in [2.05, 4.69) is 241 Å². The van der Waals surface area contributed by atoms with Crippen molar-refractivity contribution in [1.29, 1.82) is 0 Å². The van der Waals surface area contributed by atoms with E-state index in [4.69, 9.17) is 0 Å². The minimum atomic E-state index is 1.10. The van der Waals surface area contributed by atoms with Crippen LogP contribution in [0, 0.1) is 0 Å². The van der Waals surface area contributed by atoms with E-state index in [1.807, 2.05) is 0 Å². The Hall–Kier alpha value is -7.74. The molecule has 0 saturated carbocycles. The molecule has 276 valence electrons. The second-order valence-electron chi connectivity index (χ2n) is 15.2. The highest BCUT2D eigenvalue weighted by molar-refractivity contribution is 6.22. The lowest BCUT2D eigenvalue weighted by Gasteiger charge is -2.27. The zero-order chi connectivity index (χ0) is 39.1. The zero-order valence-electron chi connectivity index (χ0n) is 32.5. The Morgan fingerprint density at radius 1 is 0.237 bits per heavy atom. The molecule has 0 unspecified atom stereocenters. The van der Waals surface area contributed by atoms with Crippen molar-refractivity contribution in [3.05, 3.63) is 237 Å². The highest BCUT2D eigenvalue weighted by atomic mass is 15.1. The average molecular weight is 750 g/mol. The summed E-state index contributed by atoms with van der Waals surface area (Å²) in [5.74, 6) is 0. The Balaban J connectivity index is 1.10. The second kappa shape index (κ2) is 14.6. The standard InChI is InChI=1S/C58H39N/c1-3-18-43(19-4-1)57-54-29-12-11-28-52(54)53-37-34-46(39-55(53)58(57)44-20-5-2-6-21-44)45-24-13-25-48(38-45)59(56-31-15-23-41-17-8-10-27-51(41)56)47-35-32-42(33-36-47)50-30-14-22-40-16-7-9-26-49(40)50/h1-39H. The number of rotatable bonds is 7. The Bertz CT molecular complexity index is 3300. The first-order valence-corrected chi connectivity index (χ1v) is 20.3. The molecule has 11 aromatic carbocycles. The molecule has 0 aliphatic rings. The van der Waals surface area contributed by atoms with Crippen LogP contribution in [-0.2, 0) is 0 Å². The first-order chi connectivity index (χ1) is 29.3. The Morgan fingerprint density at radius 2 is 0.729 bits per heavy atom. The molecule has 0 radical (unpaired) electrons. The van der Waals surface area contributed by atoms with Gasteiger partial charge in [0, 0.05) is 16.8 Å². The fourth-order valence-corrected chi connectivity index (χ4v) is 9.10. The van der Waals surface area contributed by atoms with Gasteiger partial charge in [0.25, 0.3) is 0 Å². The summed E-state index contributed by atoms with van der Waals surface area (Å²) in [6.07, 6.45) is 0. The van der Waals surface area contributed by atoms with Crippen molar-refractivity contribution in [3.63, 3.8) is 0 Å². The number of benzene rings is 11. The van der Waals surface area contributed by atoms with Gasteiger partial charge >= 0.3 is 0 Å². The van der Waals surface area contributed by atoms with Crippen molar-refractivity contribution in [3.8, 4) is 44.5 Å². The third-order valence-electron chi connectivity index (χ3n) is 11.8. The molecule has 11 rings (SSSR count). The summed E-state index contributed by atoms with van der Waals surface area (Å²) < 4.78 is 0. The van der Waals surface area contributed by atoms with Gasteiger partial charge in [-0.15, -0.1) is 0 Å². The lowest BCUT2D eigenvalue weighted by atomic mass is 9.84. The van der Waals surface area contributed by atoms with E-state index in [1.165, 1.54) is 82.0 Å². The van der Waals surface area contributed by atoms with Crippen LogP contribution >= 0.6 is 0 Å². The minimum Gasteiger partial charge on any atom is -0.310 e. The molecule has 0 bridgehead atoms. The normalized spacial score (nSPS) is 11.4. The summed E-state index contributed by atoms with van der Waals surface area (Å²) in [6, 6.07) is 86.2. The van der Waals surface area contributed by atoms with E-state index in [0.717, 1.165) is 22.6 Å². The van der Waals surface area contributed by atoms with Crippen molar-refractivity contribution < 1.29 is 0 Å². The zero-order valence-corrected chi connectivity index (χ0v) is 32.5. The highest BCUT2D eigenvalue weighted by Gasteiger charge is 2.20. The first kappa shape index (κ1) is 34.5. The average Bonchev–Trinajstić information content (AvgIpc) is 3.32. The van der Waals surface area contributed by atoms with Crippen molar-refractivity contribution in [2.24, 2.45) is 0 Å². The fraction of sp³-hybridized carbons (Fsp3) is 0. The topological polar surface area (TPSA) is 3.24 Å². The third kappa shape index (κ3) is 6.12. The van der Waals surface area contributed by atoms with E-state index in [1.54, 1.807) is 0 Å². The predicted octanol–water partition coefficient (Wildman–Crippen LogP) is 16.4. The van der Waals surface area contributed by atoms with Gasteiger partial charge in [0.15, 0.2) is 0 Å². The smallest absolute Gasteiger partial charge is 0.0540 e. The summed E-state index contributed by atoms with van der Waals surface area (Å²) in [5, 5.41) is 9.94. The molecule has 0 aromatic heterocycles. The molecule has 0 fully saturated rings. The van der Waals surface area contributed by atoms with E-state index < -0.39 is 0 Å². The number of fused-ring (bicyclic) bond motifs is 5. The van der Waals surface area contributed by atoms with E-state index in [9.17, 15) is 0 Å². The van der Waals surface area contributed by atoms with E-state index >= 15 is 0 Å². The van der Waals surface area contributed by atoms with Crippen LogP contribution in [0.25, 0.3) is 87.6 Å². The maximum absolute atomic E-state index is 2.41. The van der Waals surface area contributed by atoms with Gasteiger partial charge in [-0.3, -0.25) is 0 Å². The van der Waals surface area contributed by atoms with Gasteiger partial charge in [-0.05, 0) is 119 Å². The third-order valence-corrected chi connectivity index (χ3v) is 11.8. The van der Waals surface area contributed by atoms with Crippen molar-refractivity contribution in [2.45, 2.75) is 0 Å². The van der Waals surface area contributed by atoms with Crippen LogP contribution in [0.2, 0.25) is 0 Å². The molecule has 0 N–H and O–H groups in total. The molecule has 0 saturated heterocycles. The van der Waals surface area contributed by atoms with Gasteiger partial charge in [0.05, 0.1) is 5.69 Å². The SMILES string of the molecule is c1ccc(-c2c(-c3ccccc3)c3cc(-c4cccc(N(c5ccc(-c6cccc7ccccc67)cc5)c5cccc6ccccc56)c4)ccc3c3ccccc23)cc1. The summed E-state index contributed by atoms with van der Waals surface area (Å²) >= 11 is 0. The maximum atomic E-state index is 2.41. The van der Waals surface area contributed by atoms with Crippen LogP contribution in [0.4, 0.5) is 17.1 Å². The van der Waals surface area contributed by atoms with Crippen LogP contribution < -0.4 is 4.90 Å². The molecule has 0 atom stereocenters. The van der Waals surface area contributed by atoms with Gasteiger partial charge in [0.2, 0.25) is 0 Å². The number of anilines is 3. The monoisotopic (exact) mass is 749 g/mol. The molecule has 59 heavy (non-hydrogen) atoms. The van der Waals surface area contributed by atoms with Crippen molar-refractivity contribution >= 4 is 60.2 Å². The number of nitrogens with zero attached hydrogens (tertiary/aromatic N) is 1. The second-order valence-corrected chi connectivity index (χ2v) is 15.2. The Kier molecular flexibility index (Phi) is 8.56. The molecule has 1 heteroatoms. The lowest BCUT2D eigenvalue weighted by Crippen LogP contribution is -2.10. The first-order valence-electron chi connectivity index (χ1n) is 20.3. The molecule has 0 spiro atoms. The summed E-state index contributed by atoms with van der Waals surface area (Å²) in [6.45, 7) is 0. The molecule has 0 aliphatic carbocycles. The highest BCUT2D eigenvalue weighted by Crippen LogP contribution is 2.46. The van der Waals surface area contributed by atoms with Crippen LogP contribution in [0.3, 0.4) is 0 Å². The summed E-state index contributed by atoms with van der Waals surface area (Å²) in [7, 11) is 0. The van der Waals surface area contributed by atoms with Crippen LogP contribution in [-0.4, -0.2) is 0 Å². The van der Waals surface area contributed by atoms with Gasteiger partial charge in [-0.2, -0.15) is 0 Å². The molecule has 1 nitrogen and oxygen atoms in total. The van der Waals surface area contributed by atoms with E-state index in [0.29, 0.717) is 0 Å². The van der Waals surface area contributed by atoms with Gasteiger partial charge < -0.3 is 4.90 Å². The van der Waals surface area contributed by atoms with Crippen molar-refractivity contribution in [2.75, 3.05) is 4.90 Å². The van der Waals surface area contributed by atoms with Gasteiger partial charge in [0.1, 0.15) is 0 Å². The maximum Gasteiger partial charge on any atom is 0.0540 e. The van der Waals surface area contributed by atoms with Gasteiger partial charge in [-0.25, -0.2) is 0 Å². The largest absolute Gasteiger partial charge is 0.310 e. The number of hydrogen-bond acceptors (Lipinski definition) is 1. The molecule has 11 aromatic rings. The summed E-state index contributed by atoms with van der Waals surface area (Å²) in [4.78, 5) is 2.41. The van der Waals surface area contributed by atoms with Crippen LogP contribution in [0.15, 0.2) is 237 Å².